The zero-order valence-electron chi connectivity index (χ0n) is 12.1. The molecule has 5 heteroatoms. The SMILES string of the molecule is COc1ccc(C(C)NCCc2nccn2C)c(O)c1. The van der Waals surface area contributed by atoms with E-state index in [4.69, 9.17) is 4.74 Å². The Labute approximate surface area is 119 Å². The Morgan fingerprint density at radius 3 is 2.85 bits per heavy atom. The number of benzene rings is 1. The number of nitrogens with zero attached hydrogens (tertiary/aromatic N) is 2. The number of phenolic OH excluding ortho intramolecular Hbond substituents is 1. The molecule has 0 saturated carbocycles. The largest absolute Gasteiger partial charge is 0.507 e. The molecule has 0 radical (unpaired) electrons. The molecule has 0 bridgehead atoms. The molecule has 0 aliphatic carbocycles. The number of aromatic hydroxyl groups is 1. The number of imidazole rings is 1. The van der Waals surface area contributed by atoms with Crippen LogP contribution in [0.2, 0.25) is 0 Å². The normalized spacial score (nSPS) is 12.3. The average Bonchev–Trinajstić information content (AvgIpc) is 2.84. The number of hydrogen-bond acceptors (Lipinski definition) is 4. The van der Waals surface area contributed by atoms with Gasteiger partial charge in [0.2, 0.25) is 0 Å². The summed E-state index contributed by atoms with van der Waals surface area (Å²) >= 11 is 0. The number of ether oxygens (including phenoxy) is 1. The molecule has 20 heavy (non-hydrogen) atoms. The second kappa shape index (κ2) is 6.43. The maximum absolute atomic E-state index is 9.98. The van der Waals surface area contributed by atoms with E-state index in [1.165, 1.54) is 0 Å². The van der Waals surface area contributed by atoms with Crippen LogP contribution < -0.4 is 10.1 Å². The zero-order chi connectivity index (χ0) is 14.5. The topological polar surface area (TPSA) is 59.3 Å². The number of methoxy groups -OCH3 is 1. The van der Waals surface area contributed by atoms with Crippen molar-refractivity contribution in [3.05, 3.63) is 42.0 Å². The minimum atomic E-state index is 0.0705. The number of nitrogens with one attached hydrogen (secondary N) is 1. The molecule has 1 heterocycles. The van der Waals surface area contributed by atoms with Gasteiger partial charge >= 0.3 is 0 Å². The van der Waals surface area contributed by atoms with Gasteiger partial charge in [-0.25, -0.2) is 4.98 Å². The summed E-state index contributed by atoms with van der Waals surface area (Å²) in [5.41, 5.74) is 0.866. The van der Waals surface area contributed by atoms with Crippen molar-refractivity contribution in [2.75, 3.05) is 13.7 Å². The van der Waals surface area contributed by atoms with Crippen molar-refractivity contribution in [1.29, 1.82) is 0 Å². The third-order valence-corrected chi connectivity index (χ3v) is 3.42. The number of phenols is 1. The first-order valence-corrected chi connectivity index (χ1v) is 6.68. The van der Waals surface area contributed by atoms with Gasteiger partial charge in [0.1, 0.15) is 17.3 Å². The van der Waals surface area contributed by atoms with Gasteiger partial charge in [0, 0.05) is 50.1 Å². The van der Waals surface area contributed by atoms with Crippen LogP contribution in [0.1, 0.15) is 24.4 Å². The van der Waals surface area contributed by atoms with Crippen LogP contribution in [0, 0.1) is 0 Å². The minimum Gasteiger partial charge on any atom is -0.507 e. The molecular weight excluding hydrogens is 254 g/mol. The lowest BCUT2D eigenvalue weighted by molar-refractivity contribution is 0.404. The van der Waals surface area contributed by atoms with Gasteiger partial charge in [-0.2, -0.15) is 0 Å². The summed E-state index contributed by atoms with van der Waals surface area (Å²) < 4.78 is 7.09. The van der Waals surface area contributed by atoms with E-state index in [-0.39, 0.29) is 11.8 Å². The quantitative estimate of drug-likeness (QED) is 0.847. The monoisotopic (exact) mass is 275 g/mol. The summed E-state index contributed by atoms with van der Waals surface area (Å²) in [5, 5.41) is 13.4. The van der Waals surface area contributed by atoms with E-state index in [0.29, 0.717) is 5.75 Å². The zero-order valence-corrected chi connectivity index (χ0v) is 12.1. The Morgan fingerprint density at radius 1 is 1.45 bits per heavy atom. The number of aromatic nitrogens is 2. The van der Waals surface area contributed by atoms with Gasteiger partial charge in [-0.15, -0.1) is 0 Å². The fraction of sp³-hybridized carbons (Fsp3) is 0.400. The molecule has 1 unspecified atom stereocenters. The van der Waals surface area contributed by atoms with Gasteiger partial charge in [0.15, 0.2) is 0 Å². The molecule has 0 amide bonds. The Morgan fingerprint density at radius 2 is 2.25 bits per heavy atom. The van der Waals surface area contributed by atoms with Crippen molar-refractivity contribution in [2.45, 2.75) is 19.4 Å². The highest BCUT2D eigenvalue weighted by Crippen LogP contribution is 2.28. The van der Waals surface area contributed by atoms with Crippen LogP contribution in [0.3, 0.4) is 0 Å². The molecule has 1 aromatic heterocycles. The molecule has 1 aromatic carbocycles. The standard InChI is InChI=1S/C15H21N3O2/c1-11(13-5-4-12(20-3)10-14(13)19)16-7-6-15-17-8-9-18(15)2/h4-5,8-11,16,19H,6-7H2,1-3H3. The molecule has 2 rings (SSSR count). The van der Waals surface area contributed by atoms with Gasteiger partial charge < -0.3 is 19.7 Å². The van der Waals surface area contributed by atoms with Crippen molar-refractivity contribution < 1.29 is 9.84 Å². The fourth-order valence-corrected chi connectivity index (χ4v) is 2.16. The first-order valence-electron chi connectivity index (χ1n) is 6.68. The highest BCUT2D eigenvalue weighted by Gasteiger charge is 2.11. The molecule has 108 valence electrons. The van der Waals surface area contributed by atoms with Gasteiger partial charge in [-0.3, -0.25) is 0 Å². The van der Waals surface area contributed by atoms with E-state index >= 15 is 0 Å². The highest BCUT2D eigenvalue weighted by molar-refractivity contribution is 5.41. The van der Waals surface area contributed by atoms with Gasteiger partial charge in [0.05, 0.1) is 7.11 Å². The fourth-order valence-electron chi connectivity index (χ4n) is 2.16. The Hall–Kier alpha value is -2.01. The Bertz CT molecular complexity index is 566. The van der Waals surface area contributed by atoms with E-state index in [1.807, 2.05) is 36.9 Å². The summed E-state index contributed by atoms with van der Waals surface area (Å²) in [6, 6.07) is 5.44. The van der Waals surface area contributed by atoms with E-state index in [1.54, 1.807) is 19.4 Å². The molecule has 0 aliphatic rings. The molecule has 1 atom stereocenters. The van der Waals surface area contributed by atoms with E-state index in [2.05, 4.69) is 10.3 Å². The first-order chi connectivity index (χ1) is 9.61. The second-order valence-corrected chi connectivity index (χ2v) is 4.80. The summed E-state index contributed by atoms with van der Waals surface area (Å²) in [7, 11) is 3.57. The summed E-state index contributed by atoms with van der Waals surface area (Å²) in [6.45, 7) is 2.83. The van der Waals surface area contributed by atoms with Crippen LogP contribution in [0.15, 0.2) is 30.6 Å². The number of aryl methyl sites for hydroxylation is 1. The van der Waals surface area contributed by atoms with E-state index < -0.39 is 0 Å². The molecule has 0 spiro atoms. The highest BCUT2D eigenvalue weighted by atomic mass is 16.5. The van der Waals surface area contributed by atoms with E-state index in [0.717, 1.165) is 24.4 Å². The predicted octanol–water partition coefficient (Wildman–Crippen LogP) is 2.03. The van der Waals surface area contributed by atoms with Crippen LogP contribution >= 0.6 is 0 Å². The maximum Gasteiger partial charge on any atom is 0.124 e. The molecule has 0 fully saturated rings. The van der Waals surface area contributed by atoms with Crippen molar-refractivity contribution in [2.24, 2.45) is 7.05 Å². The lowest BCUT2D eigenvalue weighted by Crippen LogP contribution is -2.22. The summed E-state index contributed by atoms with van der Waals surface area (Å²) in [5.74, 6) is 1.96. The second-order valence-electron chi connectivity index (χ2n) is 4.80. The van der Waals surface area contributed by atoms with Crippen molar-refractivity contribution in [3.63, 3.8) is 0 Å². The average molecular weight is 275 g/mol. The van der Waals surface area contributed by atoms with E-state index in [9.17, 15) is 5.11 Å². The molecule has 2 aromatic rings. The molecule has 0 aliphatic heterocycles. The Balaban J connectivity index is 1.91. The van der Waals surface area contributed by atoms with Crippen molar-refractivity contribution >= 4 is 0 Å². The van der Waals surface area contributed by atoms with Crippen LogP contribution in [0.5, 0.6) is 11.5 Å². The van der Waals surface area contributed by atoms with Crippen LogP contribution in [0.25, 0.3) is 0 Å². The number of rotatable bonds is 6. The van der Waals surface area contributed by atoms with Crippen LogP contribution in [-0.2, 0) is 13.5 Å². The maximum atomic E-state index is 9.98. The summed E-state index contributed by atoms with van der Waals surface area (Å²) in [6.07, 6.45) is 4.59. The lowest BCUT2D eigenvalue weighted by Gasteiger charge is -2.16. The molecule has 5 nitrogen and oxygen atoms in total. The minimum absolute atomic E-state index is 0.0705. The smallest absolute Gasteiger partial charge is 0.124 e. The van der Waals surface area contributed by atoms with Gasteiger partial charge in [-0.1, -0.05) is 6.07 Å². The third-order valence-electron chi connectivity index (χ3n) is 3.42. The number of hydrogen-bond donors (Lipinski definition) is 2. The first kappa shape index (κ1) is 14.4. The predicted molar refractivity (Wildman–Crippen MR) is 78.0 cm³/mol. The Kier molecular flexibility index (Phi) is 4.63. The van der Waals surface area contributed by atoms with Crippen LogP contribution in [0.4, 0.5) is 0 Å². The third kappa shape index (κ3) is 3.30. The lowest BCUT2D eigenvalue weighted by atomic mass is 10.1. The van der Waals surface area contributed by atoms with Gasteiger partial charge in [-0.05, 0) is 13.0 Å². The summed E-state index contributed by atoms with van der Waals surface area (Å²) in [4.78, 5) is 4.28. The van der Waals surface area contributed by atoms with Crippen molar-refractivity contribution in [3.8, 4) is 11.5 Å². The molecular formula is C15H21N3O2. The van der Waals surface area contributed by atoms with Crippen molar-refractivity contribution in [1.82, 2.24) is 14.9 Å². The molecule has 2 N–H and O–H groups in total. The van der Waals surface area contributed by atoms with Crippen LogP contribution in [-0.4, -0.2) is 28.3 Å². The molecule has 0 saturated heterocycles. The van der Waals surface area contributed by atoms with Gasteiger partial charge in [0.25, 0.3) is 0 Å².